The summed E-state index contributed by atoms with van der Waals surface area (Å²) in [6.45, 7) is 4.77. The van der Waals surface area contributed by atoms with Crippen LogP contribution in [0.15, 0.2) is 35.1 Å². The van der Waals surface area contributed by atoms with Gasteiger partial charge in [0.15, 0.2) is 0 Å². The second-order valence-electron chi connectivity index (χ2n) is 4.58. The zero-order chi connectivity index (χ0) is 12.4. The summed E-state index contributed by atoms with van der Waals surface area (Å²) in [4.78, 5) is 11.9. The quantitative estimate of drug-likeness (QED) is 0.849. The third kappa shape index (κ3) is 2.25. The van der Waals surface area contributed by atoms with Crippen LogP contribution < -0.4 is 11.3 Å². The van der Waals surface area contributed by atoms with Gasteiger partial charge in [-0.15, -0.1) is 0 Å². The first-order valence-electron chi connectivity index (χ1n) is 5.73. The Kier molecular flexibility index (Phi) is 3.04. The van der Waals surface area contributed by atoms with Crippen LogP contribution in [0.25, 0.3) is 11.3 Å². The molecule has 0 bridgehead atoms. The predicted octanol–water partition coefficient (Wildman–Crippen LogP) is 2.08. The van der Waals surface area contributed by atoms with E-state index < -0.39 is 0 Å². The minimum absolute atomic E-state index is 0.141. The van der Waals surface area contributed by atoms with Gasteiger partial charge in [0.05, 0.1) is 5.69 Å². The van der Waals surface area contributed by atoms with Gasteiger partial charge in [-0.25, -0.2) is 0 Å². The smallest absolute Gasteiger partial charge is 0.290 e. The second kappa shape index (κ2) is 4.49. The van der Waals surface area contributed by atoms with Gasteiger partial charge >= 0.3 is 0 Å². The summed E-state index contributed by atoms with van der Waals surface area (Å²) in [5, 5.41) is 3.08. The molecule has 0 saturated carbocycles. The van der Waals surface area contributed by atoms with E-state index in [0.717, 1.165) is 5.56 Å². The van der Waals surface area contributed by atoms with Gasteiger partial charge in [0, 0.05) is 12.1 Å². The molecule has 0 fully saturated rings. The molecule has 1 heterocycles. The van der Waals surface area contributed by atoms with Crippen molar-refractivity contribution in [1.29, 1.82) is 0 Å². The molecule has 0 spiro atoms. The summed E-state index contributed by atoms with van der Waals surface area (Å²) in [5.74, 6) is 0.398. The average molecular weight is 231 g/mol. The Labute approximate surface area is 100 Å². The molecule has 3 N–H and O–H groups in total. The van der Waals surface area contributed by atoms with Gasteiger partial charge < -0.3 is 5.73 Å². The Morgan fingerprint density at radius 1 is 1.29 bits per heavy atom. The van der Waals surface area contributed by atoms with E-state index in [1.54, 1.807) is 4.68 Å². The van der Waals surface area contributed by atoms with Gasteiger partial charge in [0.1, 0.15) is 5.69 Å². The Bertz CT molecular complexity index is 552. The number of benzene rings is 1. The minimum atomic E-state index is -0.141. The highest BCUT2D eigenvalue weighted by Crippen LogP contribution is 2.20. The molecule has 90 valence electrons. The zero-order valence-electron chi connectivity index (χ0n) is 10.1. The largest absolute Gasteiger partial charge is 0.392 e. The van der Waals surface area contributed by atoms with E-state index in [2.05, 4.69) is 18.9 Å². The highest BCUT2D eigenvalue weighted by molar-refractivity contribution is 5.71. The summed E-state index contributed by atoms with van der Waals surface area (Å²) in [5.41, 5.74) is 7.63. The summed E-state index contributed by atoms with van der Waals surface area (Å²) < 4.78 is 1.57. The van der Waals surface area contributed by atoms with Crippen LogP contribution in [0.3, 0.4) is 0 Å². The minimum Gasteiger partial charge on any atom is -0.392 e. The Balaban J connectivity index is 2.47. The van der Waals surface area contributed by atoms with Gasteiger partial charge in [-0.2, -0.15) is 0 Å². The van der Waals surface area contributed by atoms with Crippen LogP contribution in [0.5, 0.6) is 0 Å². The van der Waals surface area contributed by atoms with Crippen LogP contribution in [0, 0.1) is 5.92 Å². The highest BCUT2D eigenvalue weighted by Gasteiger charge is 2.12. The van der Waals surface area contributed by atoms with Crippen molar-refractivity contribution in [2.24, 2.45) is 5.92 Å². The van der Waals surface area contributed by atoms with Crippen molar-refractivity contribution < 1.29 is 0 Å². The number of hydrogen-bond donors (Lipinski definition) is 2. The van der Waals surface area contributed by atoms with Crippen molar-refractivity contribution in [3.63, 3.8) is 0 Å². The Morgan fingerprint density at radius 3 is 2.53 bits per heavy atom. The molecule has 17 heavy (non-hydrogen) atoms. The summed E-state index contributed by atoms with van der Waals surface area (Å²) in [6, 6.07) is 9.64. The molecule has 0 atom stereocenters. The van der Waals surface area contributed by atoms with Gasteiger partial charge in [-0.3, -0.25) is 14.6 Å². The lowest BCUT2D eigenvalue weighted by molar-refractivity contribution is 0.474. The van der Waals surface area contributed by atoms with Gasteiger partial charge in [-0.05, 0) is 5.92 Å². The molecule has 2 rings (SSSR count). The van der Waals surface area contributed by atoms with Crippen LogP contribution in [0.2, 0.25) is 0 Å². The molecule has 4 heteroatoms. The summed E-state index contributed by atoms with van der Waals surface area (Å²) in [7, 11) is 0. The average Bonchev–Trinajstić information content (AvgIpc) is 2.58. The van der Waals surface area contributed by atoms with Crippen molar-refractivity contribution in [3.05, 3.63) is 40.7 Å². The van der Waals surface area contributed by atoms with E-state index in [4.69, 9.17) is 5.73 Å². The monoisotopic (exact) mass is 231 g/mol. The van der Waals surface area contributed by atoms with E-state index >= 15 is 0 Å². The van der Waals surface area contributed by atoms with Gasteiger partial charge in [-0.1, -0.05) is 44.2 Å². The van der Waals surface area contributed by atoms with Crippen LogP contribution in [0.1, 0.15) is 13.8 Å². The van der Waals surface area contributed by atoms with Crippen LogP contribution >= 0.6 is 0 Å². The van der Waals surface area contributed by atoms with Crippen LogP contribution in [-0.2, 0) is 6.54 Å². The van der Waals surface area contributed by atoms with Crippen molar-refractivity contribution in [1.82, 2.24) is 9.78 Å². The third-order valence-corrected chi connectivity index (χ3v) is 2.60. The van der Waals surface area contributed by atoms with Gasteiger partial charge in [0.25, 0.3) is 5.56 Å². The van der Waals surface area contributed by atoms with Crippen LogP contribution in [0.4, 0.5) is 5.69 Å². The van der Waals surface area contributed by atoms with E-state index in [1.807, 2.05) is 30.3 Å². The van der Waals surface area contributed by atoms with Crippen molar-refractivity contribution >= 4 is 5.69 Å². The maximum atomic E-state index is 11.9. The van der Waals surface area contributed by atoms with Gasteiger partial charge in [0.2, 0.25) is 0 Å². The van der Waals surface area contributed by atoms with E-state index in [1.165, 1.54) is 0 Å². The number of aromatic amines is 1. The number of nitrogens with zero attached hydrogens (tertiary/aromatic N) is 1. The number of nitrogen functional groups attached to an aromatic ring is 1. The lowest BCUT2D eigenvalue weighted by Crippen LogP contribution is -2.20. The molecule has 0 radical (unpaired) electrons. The molecule has 1 aromatic carbocycles. The first-order chi connectivity index (χ1) is 8.09. The van der Waals surface area contributed by atoms with Crippen LogP contribution in [-0.4, -0.2) is 9.78 Å². The zero-order valence-corrected chi connectivity index (χ0v) is 10.1. The van der Waals surface area contributed by atoms with Crippen molar-refractivity contribution in [2.75, 3.05) is 5.73 Å². The number of anilines is 1. The Morgan fingerprint density at radius 2 is 1.94 bits per heavy atom. The van der Waals surface area contributed by atoms with E-state index in [0.29, 0.717) is 18.2 Å². The molecule has 2 aromatic rings. The fourth-order valence-electron chi connectivity index (χ4n) is 1.82. The third-order valence-electron chi connectivity index (χ3n) is 2.60. The Hall–Kier alpha value is -1.97. The maximum absolute atomic E-state index is 11.9. The first-order valence-corrected chi connectivity index (χ1v) is 5.73. The molecule has 0 saturated heterocycles. The maximum Gasteiger partial charge on any atom is 0.290 e. The van der Waals surface area contributed by atoms with Crippen molar-refractivity contribution in [2.45, 2.75) is 20.4 Å². The first kappa shape index (κ1) is 11.5. The highest BCUT2D eigenvalue weighted by atomic mass is 16.1. The molecule has 1 aromatic heterocycles. The normalized spacial score (nSPS) is 11.0. The number of nitrogens with two attached hydrogens (primary N) is 1. The molecule has 0 aliphatic rings. The predicted molar refractivity (Wildman–Crippen MR) is 69.7 cm³/mol. The number of nitrogens with one attached hydrogen (secondary N) is 1. The summed E-state index contributed by atoms with van der Waals surface area (Å²) >= 11 is 0. The van der Waals surface area contributed by atoms with Crippen molar-refractivity contribution in [3.8, 4) is 11.3 Å². The number of rotatable bonds is 3. The summed E-state index contributed by atoms with van der Waals surface area (Å²) in [6.07, 6.45) is 0. The molecule has 0 unspecified atom stereocenters. The SMILES string of the molecule is CC(C)Cn1[nH]c(-c2ccccc2)c(N)c1=O. The lowest BCUT2D eigenvalue weighted by Gasteiger charge is -2.04. The second-order valence-corrected chi connectivity index (χ2v) is 4.58. The fourth-order valence-corrected chi connectivity index (χ4v) is 1.82. The van der Waals surface area contributed by atoms with E-state index in [-0.39, 0.29) is 11.2 Å². The number of aromatic nitrogens is 2. The molecule has 0 aliphatic carbocycles. The van der Waals surface area contributed by atoms with E-state index in [9.17, 15) is 4.79 Å². The molecule has 0 aliphatic heterocycles. The molecule has 0 amide bonds. The molecular formula is C13H17N3O. The fraction of sp³-hybridized carbons (Fsp3) is 0.308. The lowest BCUT2D eigenvalue weighted by atomic mass is 10.1. The number of H-pyrrole nitrogens is 1. The number of hydrogen-bond acceptors (Lipinski definition) is 2. The molecular weight excluding hydrogens is 214 g/mol. The standard InChI is InChI=1S/C13H17N3O/c1-9(2)8-16-13(17)11(14)12(15-16)10-6-4-3-5-7-10/h3-7,9,15H,8,14H2,1-2H3. The molecule has 4 nitrogen and oxygen atoms in total. The topological polar surface area (TPSA) is 63.8 Å².